The van der Waals surface area contributed by atoms with Gasteiger partial charge in [0.2, 0.25) is 0 Å². The molecule has 0 N–H and O–H groups in total. The second kappa shape index (κ2) is 6.95. The van der Waals surface area contributed by atoms with Gasteiger partial charge in [0.05, 0.1) is 5.69 Å². The maximum absolute atomic E-state index is 4.45. The number of nitrogens with zero attached hydrogens (tertiary/aromatic N) is 1. The van der Waals surface area contributed by atoms with Crippen molar-refractivity contribution in [2.24, 2.45) is 5.92 Å². The number of rotatable bonds is 5. The molecule has 0 aliphatic rings. The van der Waals surface area contributed by atoms with E-state index in [1.807, 2.05) is 31.2 Å². The average molecular weight is 241 g/mol. The van der Waals surface area contributed by atoms with Crippen LogP contribution >= 0.6 is 0 Å². The molecule has 18 heavy (non-hydrogen) atoms. The van der Waals surface area contributed by atoms with Gasteiger partial charge in [-0.25, -0.2) is 0 Å². The molecule has 0 aliphatic heterocycles. The summed E-state index contributed by atoms with van der Waals surface area (Å²) >= 11 is 0. The van der Waals surface area contributed by atoms with Crippen LogP contribution in [0.2, 0.25) is 0 Å². The van der Waals surface area contributed by atoms with E-state index in [4.69, 9.17) is 0 Å². The van der Waals surface area contributed by atoms with E-state index >= 15 is 0 Å². The van der Waals surface area contributed by atoms with E-state index in [0.29, 0.717) is 5.92 Å². The minimum absolute atomic E-state index is 0.639. The third-order valence-electron chi connectivity index (χ3n) is 3.26. The van der Waals surface area contributed by atoms with Gasteiger partial charge in [0.15, 0.2) is 0 Å². The van der Waals surface area contributed by atoms with Crippen LogP contribution in [0.25, 0.3) is 5.57 Å². The Morgan fingerprint density at radius 1 is 1.44 bits per heavy atom. The van der Waals surface area contributed by atoms with Crippen LogP contribution in [-0.2, 0) is 0 Å². The number of aromatic nitrogens is 1. The molecule has 0 saturated heterocycles. The number of aryl methyl sites for hydroxylation is 1. The summed E-state index contributed by atoms with van der Waals surface area (Å²) in [6.07, 6.45) is 7.42. The zero-order valence-corrected chi connectivity index (χ0v) is 11.9. The van der Waals surface area contributed by atoms with Crippen molar-refractivity contribution in [3.05, 3.63) is 60.0 Å². The van der Waals surface area contributed by atoms with Crippen molar-refractivity contribution in [3.63, 3.8) is 0 Å². The normalized spacial score (nSPS) is 13.9. The zero-order valence-electron chi connectivity index (χ0n) is 11.9. The molecule has 0 amide bonds. The highest BCUT2D eigenvalue weighted by Crippen LogP contribution is 2.15. The first kappa shape index (κ1) is 14.4. The molecule has 96 valence electrons. The number of hydrogen-bond donors (Lipinski definition) is 0. The third-order valence-corrected chi connectivity index (χ3v) is 3.26. The molecule has 1 aromatic rings. The Bertz CT molecular complexity index is 466. The lowest BCUT2D eigenvalue weighted by atomic mass is 9.99. The van der Waals surface area contributed by atoms with Gasteiger partial charge in [-0.05, 0) is 43.9 Å². The minimum Gasteiger partial charge on any atom is -0.253 e. The molecule has 1 nitrogen and oxygen atoms in total. The summed E-state index contributed by atoms with van der Waals surface area (Å²) in [4.78, 5) is 4.45. The molecule has 0 bridgehead atoms. The Labute approximate surface area is 111 Å². The summed E-state index contributed by atoms with van der Waals surface area (Å²) in [6.45, 7) is 12.7. The molecular weight excluding hydrogens is 218 g/mol. The molecule has 0 radical (unpaired) electrons. The molecule has 1 heterocycles. The molecular formula is C17H23N. The van der Waals surface area contributed by atoms with Gasteiger partial charge in [0.1, 0.15) is 0 Å². The number of hydrogen-bond acceptors (Lipinski definition) is 1. The van der Waals surface area contributed by atoms with Crippen LogP contribution in [0.3, 0.4) is 0 Å². The fraction of sp³-hybridized carbons (Fsp3) is 0.353. The second-order valence-corrected chi connectivity index (χ2v) is 4.77. The van der Waals surface area contributed by atoms with E-state index in [0.717, 1.165) is 17.0 Å². The topological polar surface area (TPSA) is 12.9 Å². The Morgan fingerprint density at radius 2 is 2.17 bits per heavy atom. The van der Waals surface area contributed by atoms with Crippen molar-refractivity contribution >= 4 is 5.57 Å². The Morgan fingerprint density at radius 3 is 2.78 bits per heavy atom. The van der Waals surface area contributed by atoms with Gasteiger partial charge in [-0.1, -0.05) is 50.3 Å². The molecule has 1 heteroatoms. The Balaban J connectivity index is 2.71. The largest absolute Gasteiger partial charge is 0.253 e. The van der Waals surface area contributed by atoms with Crippen molar-refractivity contribution in [3.8, 4) is 0 Å². The van der Waals surface area contributed by atoms with Crippen molar-refractivity contribution in [2.45, 2.75) is 34.1 Å². The Kier molecular flexibility index (Phi) is 5.57. The van der Waals surface area contributed by atoms with Crippen LogP contribution in [0.1, 0.15) is 38.6 Å². The van der Waals surface area contributed by atoms with Crippen molar-refractivity contribution in [2.75, 3.05) is 0 Å². The summed E-state index contributed by atoms with van der Waals surface area (Å²) in [5.41, 5.74) is 4.32. The van der Waals surface area contributed by atoms with Crippen molar-refractivity contribution in [1.82, 2.24) is 4.98 Å². The first-order chi connectivity index (χ1) is 8.54. The molecule has 0 spiro atoms. The number of pyridine rings is 1. The van der Waals surface area contributed by atoms with Crippen LogP contribution in [0.5, 0.6) is 0 Å². The Hall–Kier alpha value is -1.63. The highest BCUT2D eigenvalue weighted by atomic mass is 14.7. The maximum atomic E-state index is 4.45. The fourth-order valence-corrected chi connectivity index (χ4v) is 1.61. The van der Waals surface area contributed by atoms with Gasteiger partial charge in [0.25, 0.3) is 0 Å². The molecule has 0 aromatic carbocycles. The minimum atomic E-state index is 0.639. The van der Waals surface area contributed by atoms with Crippen LogP contribution in [-0.4, -0.2) is 4.98 Å². The van der Waals surface area contributed by atoms with Gasteiger partial charge < -0.3 is 0 Å². The predicted octanol–water partition coefficient (Wildman–Crippen LogP) is 4.95. The fourth-order valence-electron chi connectivity index (χ4n) is 1.61. The van der Waals surface area contributed by atoms with Crippen molar-refractivity contribution in [1.29, 1.82) is 0 Å². The lowest BCUT2D eigenvalue weighted by Gasteiger charge is -2.07. The van der Waals surface area contributed by atoms with Crippen molar-refractivity contribution < 1.29 is 0 Å². The van der Waals surface area contributed by atoms with E-state index in [-0.39, 0.29) is 0 Å². The summed E-state index contributed by atoms with van der Waals surface area (Å²) < 4.78 is 0. The predicted molar refractivity (Wildman–Crippen MR) is 80.4 cm³/mol. The van der Waals surface area contributed by atoms with E-state index in [2.05, 4.69) is 44.5 Å². The quantitative estimate of drug-likeness (QED) is 0.664. The molecule has 1 atom stereocenters. The highest BCUT2D eigenvalue weighted by Gasteiger charge is 1.99. The number of allylic oxidation sites excluding steroid dienone is 5. The van der Waals surface area contributed by atoms with E-state index in [1.54, 1.807) is 0 Å². The second-order valence-electron chi connectivity index (χ2n) is 4.77. The standard InChI is InChI=1S/C17H23N/c1-6-13(2)14(3)9-7-10-15(4)17-12-8-11-16(5)18-17/h7-13H,4,6H2,1-3,5H3/b10-7-,14-9-/t13-/m1/s1. The van der Waals surface area contributed by atoms with E-state index in [1.165, 1.54) is 12.0 Å². The van der Waals surface area contributed by atoms with Gasteiger partial charge in [-0.15, -0.1) is 0 Å². The summed E-state index contributed by atoms with van der Waals surface area (Å²) in [6, 6.07) is 6.00. The first-order valence-corrected chi connectivity index (χ1v) is 6.52. The van der Waals surface area contributed by atoms with Crippen LogP contribution < -0.4 is 0 Å². The zero-order chi connectivity index (χ0) is 13.5. The lowest BCUT2D eigenvalue weighted by molar-refractivity contribution is 0.656. The smallest absolute Gasteiger partial charge is 0.0699 e. The van der Waals surface area contributed by atoms with Crippen LogP contribution in [0, 0.1) is 12.8 Å². The summed E-state index contributed by atoms with van der Waals surface area (Å²) in [5, 5.41) is 0. The molecule has 1 aromatic heterocycles. The van der Waals surface area contributed by atoms with Gasteiger partial charge in [-0.2, -0.15) is 0 Å². The monoisotopic (exact) mass is 241 g/mol. The summed E-state index contributed by atoms with van der Waals surface area (Å²) in [5.74, 6) is 0.639. The van der Waals surface area contributed by atoms with E-state index in [9.17, 15) is 0 Å². The average Bonchev–Trinajstić information content (AvgIpc) is 2.37. The molecule has 0 fully saturated rings. The molecule has 0 saturated carbocycles. The van der Waals surface area contributed by atoms with Gasteiger partial charge >= 0.3 is 0 Å². The molecule has 1 rings (SSSR count). The van der Waals surface area contributed by atoms with Crippen LogP contribution in [0.4, 0.5) is 0 Å². The molecule has 0 aliphatic carbocycles. The van der Waals surface area contributed by atoms with E-state index < -0.39 is 0 Å². The van der Waals surface area contributed by atoms with Crippen LogP contribution in [0.15, 0.2) is 48.6 Å². The van der Waals surface area contributed by atoms with Gasteiger partial charge in [0, 0.05) is 5.69 Å². The first-order valence-electron chi connectivity index (χ1n) is 6.52. The maximum Gasteiger partial charge on any atom is 0.0699 e. The third kappa shape index (κ3) is 4.33. The lowest BCUT2D eigenvalue weighted by Crippen LogP contribution is -1.92. The highest BCUT2D eigenvalue weighted by molar-refractivity contribution is 5.69. The molecule has 0 unspecified atom stereocenters. The SMILES string of the molecule is C=C(/C=C\C=C(\C)[C@H](C)CC)c1cccc(C)n1. The van der Waals surface area contributed by atoms with Gasteiger partial charge in [-0.3, -0.25) is 4.98 Å². The summed E-state index contributed by atoms with van der Waals surface area (Å²) in [7, 11) is 0.